The Hall–Kier alpha value is -1.93. The lowest BCUT2D eigenvalue weighted by Crippen LogP contribution is -2.57. The van der Waals surface area contributed by atoms with E-state index in [2.05, 4.69) is 47.9 Å². The zero-order chi connectivity index (χ0) is 21.3. The number of ether oxygens (including phenoxy) is 1. The minimum Gasteiger partial charge on any atom is -0.373 e. The Balaban J connectivity index is 1.39. The molecule has 2 aromatic carbocycles. The van der Waals surface area contributed by atoms with Gasteiger partial charge in [-0.25, -0.2) is 13.6 Å². The van der Waals surface area contributed by atoms with E-state index in [0.717, 1.165) is 44.8 Å². The lowest BCUT2D eigenvalue weighted by atomic mass is 9.95. The van der Waals surface area contributed by atoms with Crippen molar-refractivity contribution in [1.82, 2.24) is 4.90 Å². The molecule has 0 radical (unpaired) electrons. The van der Waals surface area contributed by atoms with Crippen LogP contribution in [0.5, 0.6) is 0 Å². The highest BCUT2D eigenvalue weighted by Crippen LogP contribution is 2.31. The molecule has 0 unspecified atom stereocenters. The van der Waals surface area contributed by atoms with Crippen LogP contribution in [0.1, 0.15) is 37.5 Å². The second-order valence-electron chi connectivity index (χ2n) is 8.48. The molecule has 2 aliphatic rings. The number of sulfonamides is 1. The summed E-state index contributed by atoms with van der Waals surface area (Å²) in [4.78, 5) is 5.04. The van der Waals surface area contributed by atoms with Gasteiger partial charge in [-0.2, -0.15) is 0 Å². The van der Waals surface area contributed by atoms with E-state index in [1.807, 2.05) is 12.1 Å². The molecular formula is C23H31N3O3S. The van der Waals surface area contributed by atoms with Crippen molar-refractivity contribution < 1.29 is 13.2 Å². The van der Waals surface area contributed by atoms with Gasteiger partial charge in [-0.15, -0.1) is 0 Å². The number of piperazine rings is 1. The minimum absolute atomic E-state index is 0.152. The molecule has 0 spiro atoms. The first kappa shape index (κ1) is 21.3. The van der Waals surface area contributed by atoms with Gasteiger partial charge in [0.1, 0.15) is 0 Å². The quantitative estimate of drug-likeness (QED) is 0.791. The number of nitrogens with two attached hydrogens (primary N) is 1. The van der Waals surface area contributed by atoms with Crippen LogP contribution >= 0.6 is 0 Å². The van der Waals surface area contributed by atoms with E-state index in [0.29, 0.717) is 12.1 Å². The fourth-order valence-electron chi connectivity index (χ4n) is 4.84. The molecule has 0 amide bonds. The monoisotopic (exact) mass is 429 g/mol. The van der Waals surface area contributed by atoms with Gasteiger partial charge in [0.15, 0.2) is 0 Å². The molecule has 1 saturated heterocycles. The van der Waals surface area contributed by atoms with Crippen molar-refractivity contribution >= 4 is 15.7 Å². The van der Waals surface area contributed by atoms with Crippen molar-refractivity contribution in [3.63, 3.8) is 0 Å². The molecule has 0 aliphatic carbocycles. The summed E-state index contributed by atoms with van der Waals surface area (Å²) in [6.45, 7) is 8.13. The van der Waals surface area contributed by atoms with Crippen molar-refractivity contribution in [2.24, 2.45) is 5.14 Å². The highest BCUT2D eigenvalue weighted by molar-refractivity contribution is 7.89. The fourth-order valence-corrected chi connectivity index (χ4v) is 5.35. The van der Waals surface area contributed by atoms with Crippen LogP contribution in [0, 0.1) is 0 Å². The van der Waals surface area contributed by atoms with Crippen molar-refractivity contribution in [2.45, 2.75) is 49.8 Å². The van der Waals surface area contributed by atoms with Crippen LogP contribution in [-0.4, -0.2) is 51.6 Å². The van der Waals surface area contributed by atoms with Crippen molar-refractivity contribution in [3.8, 4) is 0 Å². The molecule has 162 valence electrons. The van der Waals surface area contributed by atoms with Crippen LogP contribution in [0.15, 0.2) is 53.4 Å². The van der Waals surface area contributed by atoms with E-state index in [1.165, 1.54) is 11.1 Å². The van der Waals surface area contributed by atoms with Gasteiger partial charge in [0.05, 0.1) is 17.6 Å². The molecule has 30 heavy (non-hydrogen) atoms. The average Bonchev–Trinajstić information content (AvgIpc) is 2.72. The van der Waals surface area contributed by atoms with Gasteiger partial charge in [-0.3, -0.25) is 4.90 Å². The number of benzene rings is 2. The number of hydrogen-bond acceptors (Lipinski definition) is 5. The number of anilines is 1. The van der Waals surface area contributed by atoms with Crippen LogP contribution in [0.3, 0.4) is 0 Å². The van der Waals surface area contributed by atoms with Crippen LogP contribution in [0.25, 0.3) is 0 Å². The second-order valence-corrected chi connectivity index (χ2v) is 10.0. The van der Waals surface area contributed by atoms with Crippen molar-refractivity contribution in [2.75, 3.05) is 31.1 Å². The molecule has 1 fully saturated rings. The molecule has 2 aromatic rings. The van der Waals surface area contributed by atoms with E-state index < -0.39 is 10.0 Å². The summed E-state index contributed by atoms with van der Waals surface area (Å²) >= 11 is 0. The van der Waals surface area contributed by atoms with Gasteiger partial charge in [0, 0.05) is 37.4 Å². The van der Waals surface area contributed by atoms with Crippen LogP contribution < -0.4 is 10.0 Å². The van der Waals surface area contributed by atoms with Gasteiger partial charge >= 0.3 is 0 Å². The fraction of sp³-hybridized carbons (Fsp3) is 0.478. The smallest absolute Gasteiger partial charge is 0.238 e. The highest BCUT2D eigenvalue weighted by atomic mass is 32.2. The third-order valence-corrected chi connectivity index (χ3v) is 7.30. The zero-order valence-corrected chi connectivity index (χ0v) is 18.5. The van der Waals surface area contributed by atoms with E-state index in [9.17, 15) is 8.42 Å². The lowest BCUT2D eigenvalue weighted by Gasteiger charge is -2.46. The number of nitrogens with zero attached hydrogens (tertiary/aromatic N) is 2. The SMILES string of the molecule is C[C@@H]1CN(c2ccc(S(N)(=O)=O)cc2)C[C@H](C)N1CC[C@@H]1OCCc2ccccc21. The maximum atomic E-state index is 11.5. The average molecular weight is 430 g/mol. The third kappa shape index (κ3) is 4.54. The summed E-state index contributed by atoms with van der Waals surface area (Å²) in [5.41, 5.74) is 3.80. The van der Waals surface area contributed by atoms with Crippen LogP contribution in [0.2, 0.25) is 0 Å². The summed E-state index contributed by atoms with van der Waals surface area (Å²) in [7, 11) is -3.66. The molecule has 0 aromatic heterocycles. The molecule has 2 N–H and O–H groups in total. The Morgan fingerprint density at radius 1 is 1.03 bits per heavy atom. The van der Waals surface area contributed by atoms with E-state index in [-0.39, 0.29) is 11.0 Å². The van der Waals surface area contributed by atoms with Gasteiger partial charge < -0.3 is 9.64 Å². The number of fused-ring (bicyclic) bond motifs is 1. The van der Waals surface area contributed by atoms with Gasteiger partial charge in [0.2, 0.25) is 10.0 Å². The standard InChI is InChI=1S/C23H31N3O3S/c1-17-15-25(20-7-9-21(10-8-20)30(24,27)28)16-18(2)26(17)13-11-23-22-6-4-3-5-19(22)12-14-29-23/h3-10,17-18,23H,11-16H2,1-2H3,(H2,24,27,28)/t17-,18+,23-/m0/s1. The molecule has 6 nitrogen and oxygen atoms in total. The summed E-state index contributed by atoms with van der Waals surface area (Å²) in [5, 5.41) is 5.21. The minimum atomic E-state index is -3.66. The van der Waals surface area contributed by atoms with Gasteiger partial charge in [0.25, 0.3) is 0 Å². The maximum Gasteiger partial charge on any atom is 0.238 e. The van der Waals surface area contributed by atoms with E-state index >= 15 is 0 Å². The number of rotatable bonds is 5. The number of primary sulfonamides is 1. The predicted octanol–water partition coefficient (Wildman–Crippen LogP) is 2.94. The molecule has 2 heterocycles. The van der Waals surface area contributed by atoms with Gasteiger partial charge in [-0.05, 0) is 62.1 Å². The van der Waals surface area contributed by atoms with E-state index in [1.54, 1.807) is 12.1 Å². The normalized spacial score (nSPS) is 25.2. The molecule has 0 bridgehead atoms. The molecule has 2 aliphatic heterocycles. The first-order valence-electron chi connectivity index (χ1n) is 10.7. The first-order chi connectivity index (χ1) is 14.3. The van der Waals surface area contributed by atoms with Gasteiger partial charge in [-0.1, -0.05) is 24.3 Å². The molecule has 4 rings (SSSR count). The Morgan fingerprint density at radius 3 is 2.37 bits per heavy atom. The third-order valence-electron chi connectivity index (χ3n) is 6.37. The second kappa shape index (κ2) is 8.67. The largest absolute Gasteiger partial charge is 0.373 e. The first-order valence-corrected chi connectivity index (χ1v) is 12.2. The molecule has 3 atom stereocenters. The van der Waals surface area contributed by atoms with Crippen molar-refractivity contribution in [3.05, 3.63) is 59.7 Å². The van der Waals surface area contributed by atoms with Crippen LogP contribution in [-0.2, 0) is 21.2 Å². The molecular weight excluding hydrogens is 398 g/mol. The van der Waals surface area contributed by atoms with Crippen LogP contribution in [0.4, 0.5) is 5.69 Å². The maximum absolute atomic E-state index is 11.5. The number of hydrogen-bond donors (Lipinski definition) is 1. The Labute approximate surface area is 179 Å². The Bertz CT molecular complexity index is 965. The van der Waals surface area contributed by atoms with E-state index in [4.69, 9.17) is 9.88 Å². The zero-order valence-electron chi connectivity index (χ0n) is 17.7. The summed E-state index contributed by atoms with van der Waals surface area (Å²) in [6, 6.07) is 16.3. The highest BCUT2D eigenvalue weighted by Gasteiger charge is 2.31. The molecule has 0 saturated carbocycles. The lowest BCUT2D eigenvalue weighted by molar-refractivity contribution is 0.0200. The predicted molar refractivity (Wildman–Crippen MR) is 119 cm³/mol. The molecule has 7 heteroatoms. The topological polar surface area (TPSA) is 75.9 Å². The summed E-state index contributed by atoms with van der Waals surface area (Å²) < 4.78 is 29.1. The summed E-state index contributed by atoms with van der Waals surface area (Å²) in [5.74, 6) is 0. The Morgan fingerprint density at radius 2 is 1.70 bits per heavy atom. The van der Waals surface area contributed by atoms with Crippen molar-refractivity contribution in [1.29, 1.82) is 0 Å². The summed E-state index contributed by atoms with van der Waals surface area (Å²) in [6.07, 6.45) is 2.18. The Kier molecular flexibility index (Phi) is 6.16.